The molecule has 0 saturated heterocycles. The van der Waals surface area contributed by atoms with Gasteiger partial charge in [-0.2, -0.15) is 0 Å². The standard InChI is InChI=1S/C19H27N3O3S2/c1-4-20-19(22-14-15(2)18-6-5-13-26-18)21-11-12-25-16-7-9-17(10-8-16)27(3,23)24/h5-10,13,15H,4,11-12,14H2,1-3H3,(H2,20,21,22). The van der Waals surface area contributed by atoms with Crippen LogP contribution >= 0.6 is 11.3 Å². The quantitative estimate of drug-likeness (QED) is 0.378. The molecule has 8 heteroatoms. The molecular weight excluding hydrogens is 382 g/mol. The average Bonchev–Trinajstić information content (AvgIpc) is 3.17. The Hall–Kier alpha value is -2.06. The van der Waals surface area contributed by atoms with Gasteiger partial charge in [-0.15, -0.1) is 11.3 Å². The predicted molar refractivity (Wildman–Crippen MR) is 112 cm³/mol. The number of rotatable bonds is 9. The van der Waals surface area contributed by atoms with Gasteiger partial charge in [-0.3, -0.25) is 4.99 Å². The van der Waals surface area contributed by atoms with Gasteiger partial charge in [-0.1, -0.05) is 13.0 Å². The molecule has 148 valence electrons. The molecule has 1 aromatic carbocycles. The molecule has 0 bridgehead atoms. The summed E-state index contributed by atoms with van der Waals surface area (Å²) in [4.78, 5) is 6.25. The summed E-state index contributed by atoms with van der Waals surface area (Å²) < 4.78 is 28.6. The first-order valence-electron chi connectivity index (χ1n) is 8.88. The first kappa shape index (κ1) is 21.2. The summed E-state index contributed by atoms with van der Waals surface area (Å²) in [6.45, 7) is 6.73. The minimum absolute atomic E-state index is 0.286. The molecule has 1 aromatic heterocycles. The van der Waals surface area contributed by atoms with Gasteiger partial charge in [0.2, 0.25) is 0 Å². The van der Waals surface area contributed by atoms with E-state index in [0.717, 1.165) is 12.5 Å². The molecule has 0 aliphatic heterocycles. The van der Waals surface area contributed by atoms with Crippen molar-refractivity contribution in [2.45, 2.75) is 24.7 Å². The molecule has 0 aliphatic rings. The lowest BCUT2D eigenvalue weighted by Gasteiger charge is -2.13. The number of aliphatic imine (C=N–C) groups is 1. The Morgan fingerprint density at radius 1 is 1.22 bits per heavy atom. The highest BCUT2D eigenvalue weighted by Crippen LogP contribution is 2.20. The van der Waals surface area contributed by atoms with E-state index in [1.54, 1.807) is 35.6 Å². The fourth-order valence-corrected chi connectivity index (χ4v) is 3.76. The summed E-state index contributed by atoms with van der Waals surface area (Å²) in [5.41, 5.74) is 0. The van der Waals surface area contributed by atoms with Gasteiger partial charge in [0, 0.05) is 23.6 Å². The van der Waals surface area contributed by atoms with Gasteiger partial charge in [0.1, 0.15) is 12.4 Å². The van der Waals surface area contributed by atoms with E-state index in [2.05, 4.69) is 40.1 Å². The van der Waals surface area contributed by atoms with Crippen molar-refractivity contribution in [2.24, 2.45) is 4.99 Å². The van der Waals surface area contributed by atoms with E-state index in [9.17, 15) is 8.42 Å². The normalized spacial score (nSPS) is 13.2. The maximum atomic E-state index is 11.5. The number of benzene rings is 1. The highest BCUT2D eigenvalue weighted by Gasteiger charge is 2.07. The van der Waals surface area contributed by atoms with Crippen molar-refractivity contribution in [1.82, 2.24) is 10.6 Å². The van der Waals surface area contributed by atoms with Crippen LogP contribution in [0.1, 0.15) is 24.6 Å². The van der Waals surface area contributed by atoms with Crippen molar-refractivity contribution in [3.63, 3.8) is 0 Å². The van der Waals surface area contributed by atoms with Crippen molar-refractivity contribution < 1.29 is 13.2 Å². The minimum atomic E-state index is -3.18. The number of nitrogens with zero attached hydrogens (tertiary/aromatic N) is 1. The molecule has 0 saturated carbocycles. The Balaban J connectivity index is 1.79. The van der Waals surface area contributed by atoms with Crippen molar-refractivity contribution in [3.05, 3.63) is 46.7 Å². The molecule has 1 heterocycles. The van der Waals surface area contributed by atoms with E-state index in [1.165, 1.54) is 11.1 Å². The number of ether oxygens (including phenoxy) is 1. The van der Waals surface area contributed by atoms with Gasteiger partial charge in [-0.25, -0.2) is 8.42 Å². The maximum Gasteiger partial charge on any atom is 0.191 e. The van der Waals surface area contributed by atoms with Crippen molar-refractivity contribution in [2.75, 3.05) is 32.5 Å². The van der Waals surface area contributed by atoms with E-state index in [4.69, 9.17) is 4.74 Å². The van der Waals surface area contributed by atoms with Gasteiger partial charge in [-0.05, 0) is 42.6 Å². The van der Waals surface area contributed by atoms with Crippen LogP contribution in [0.15, 0.2) is 51.7 Å². The van der Waals surface area contributed by atoms with Crippen LogP contribution in [0, 0.1) is 0 Å². The average molecular weight is 410 g/mol. The molecule has 0 radical (unpaired) electrons. The van der Waals surface area contributed by atoms with E-state index in [1.807, 2.05) is 6.92 Å². The SMILES string of the molecule is CCNC(=NCC(C)c1cccs1)NCCOc1ccc(S(C)(=O)=O)cc1. The lowest BCUT2D eigenvalue weighted by Crippen LogP contribution is -2.39. The predicted octanol–water partition coefficient (Wildman–Crippen LogP) is 2.89. The van der Waals surface area contributed by atoms with Gasteiger partial charge >= 0.3 is 0 Å². The number of thiophene rings is 1. The van der Waals surface area contributed by atoms with E-state index >= 15 is 0 Å². The second kappa shape index (κ2) is 10.3. The van der Waals surface area contributed by atoms with Gasteiger partial charge < -0.3 is 15.4 Å². The summed E-state index contributed by atoms with van der Waals surface area (Å²) in [6.07, 6.45) is 1.19. The minimum Gasteiger partial charge on any atom is -0.492 e. The number of guanidine groups is 1. The lowest BCUT2D eigenvalue weighted by atomic mass is 10.1. The molecule has 6 nitrogen and oxygen atoms in total. The largest absolute Gasteiger partial charge is 0.492 e. The molecule has 2 aromatic rings. The molecule has 0 spiro atoms. The van der Waals surface area contributed by atoms with Gasteiger partial charge in [0.25, 0.3) is 0 Å². The Morgan fingerprint density at radius 2 is 1.96 bits per heavy atom. The fraction of sp³-hybridized carbons (Fsp3) is 0.421. The van der Waals surface area contributed by atoms with Crippen LogP contribution in [0.4, 0.5) is 0 Å². The fourth-order valence-electron chi connectivity index (χ4n) is 2.35. The van der Waals surface area contributed by atoms with Crippen LogP contribution in [0.2, 0.25) is 0 Å². The van der Waals surface area contributed by atoms with E-state index in [0.29, 0.717) is 31.4 Å². The highest BCUT2D eigenvalue weighted by atomic mass is 32.2. The molecule has 0 amide bonds. The van der Waals surface area contributed by atoms with Crippen molar-refractivity contribution >= 4 is 27.1 Å². The van der Waals surface area contributed by atoms with E-state index < -0.39 is 9.84 Å². The number of hydrogen-bond donors (Lipinski definition) is 2. The van der Waals surface area contributed by atoms with Crippen LogP contribution in [0.3, 0.4) is 0 Å². The van der Waals surface area contributed by atoms with Gasteiger partial charge in [0.05, 0.1) is 18.0 Å². The summed E-state index contributed by atoms with van der Waals surface area (Å²) in [7, 11) is -3.18. The Labute approximate surface area is 165 Å². The summed E-state index contributed by atoms with van der Waals surface area (Å²) in [6, 6.07) is 10.6. The van der Waals surface area contributed by atoms with Crippen LogP contribution in [-0.4, -0.2) is 46.9 Å². The molecule has 27 heavy (non-hydrogen) atoms. The zero-order chi connectivity index (χ0) is 19.7. The molecule has 0 fully saturated rings. The third-order valence-corrected chi connectivity index (χ3v) is 6.04. The molecule has 1 unspecified atom stereocenters. The zero-order valence-corrected chi connectivity index (χ0v) is 17.6. The smallest absolute Gasteiger partial charge is 0.191 e. The summed E-state index contributed by atoms with van der Waals surface area (Å²) >= 11 is 1.75. The topological polar surface area (TPSA) is 79.8 Å². The first-order chi connectivity index (χ1) is 12.9. The Bertz CT molecular complexity index is 816. The van der Waals surface area contributed by atoms with Crippen molar-refractivity contribution in [1.29, 1.82) is 0 Å². The van der Waals surface area contributed by atoms with Crippen LogP contribution < -0.4 is 15.4 Å². The zero-order valence-electron chi connectivity index (χ0n) is 15.9. The second-order valence-electron chi connectivity index (χ2n) is 6.15. The molecule has 0 aliphatic carbocycles. The Kier molecular flexibility index (Phi) is 8.12. The molecule has 2 N–H and O–H groups in total. The number of sulfone groups is 1. The molecular formula is C19H27N3O3S2. The molecule has 2 rings (SSSR count). The van der Waals surface area contributed by atoms with E-state index in [-0.39, 0.29) is 4.90 Å². The monoisotopic (exact) mass is 409 g/mol. The second-order valence-corrected chi connectivity index (χ2v) is 9.15. The maximum absolute atomic E-state index is 11.5. The number of hydrogen-bond acceptors (Lipinski definition) is 5. The third-order valence-electron chi connectivity index (χ3n) is 3.81. The van der Waals surface area contributed by atoms with Crippen molar-refractivity contribution in [3.8, 4) is 5.75 Å². The third kappa shape index (κ3) is 7.22. The van der Waals surface area contributed by atoms with Crippen LogP contribution in [0.5, 0.6) is 5.75 Å². The molecule has 1 atom stereocenters. The lowest BCUT2D eigenvalue weighted by molar-refractivity contribution is 0.321. The van der Waals surface area contributed by atoms with Crippen LogP contribution in [0.25, 0.3) is 0 Å². The Morgan fingerprint density at radius 3 is 2.56 bits per heavy atom. The summed E-state index contributed by atoms with van der Waals surface area (Å²) in [5, 5.41) is 8.56. The highest BCUT2D eigenvalue weighted by molar-refractivity contribution is 7.90. The number of nitrogens with one attached hydrogen (secondary N) is 2. The first-order valence-corrected chi connectivity index (χ1v) is 11.7. The van der Waals surface area contributed by atoms with Gasteiger partial charge in [0.15, 0.2) is 15.8 Å². The van der Waals surface area contributed by atoms with Crippen LogP contribution in [-0.2, 0) is 9.84 Å². The summed E-state index contributed by atoms with van der Waals surface area (Å²) in [5.74, 6) is 1.78.